The molecule has 3 aromatic rings. The van der Waals surface area contributed by atoms with E-state index in [4.69, 9.17) is 23.7 Å². The van der Waals surface area contributed by atoms with Crippen LogP contribution in [-0.2, 0) is 16.4 Å². The maximum absolute atomic E-state index is 13.1. The number of para-hydroxylation sites is 4. The molecule has 0 radical (unpaired) electrons. The third kappa shape index (κ3) is 9.32. The van der Waals surface area contributed by atoms with Crippen LogP contribution < -0.4 is 33.7 Å². The maximum atomic E-state index is 13.1. The number of nitrogens with one attached hydrogen (secondary N) is 2. The summed E-state index contributed by atoms with van der Waals surface area (Å²) in [6, 6.07) is 20.2. The number of hydrogen-bond acceptors (Lipinski definition) is 8. The van der Waals surface area contributed by atoms with E-state index in [2.05, 4.69) is 10.0 Å². The van der Waals surface area contributed by atoms with Gasteiger partial charge in [0.25, 0.3) is 0 Å². The first-order chi connectivity index (χ1) is 19.4. The molecule has 0 aliphatic rings. The van der Waals surface area contributed by atoms with E-state index in [1.807, 2.05) is 69.3 Å². The highest BCUT2D eigenvalue weighted by atomic mass is 32.2. The van der Waals surface area contributed by atoms with Crippen LogP contribution in [0.3, 0.4) is 0 Å². The molecule has 0 amide bonds. The summed E-state index contributed by atoms with van der Waals surface area (Å²) in [5, 5.41) is 3.42. The van der Waals surface area contributed by atoms with Gasteiger partial charge in [-0.05, 0) is 69.2 Å². The molecule has 2 N–H and O–H groups in total. The minimum absolute atomic E-state index is 0.0839. The molecule has 0 spiro atoms. The molecular weight excluding hydrogens is 532 g/mol. The smallest absolute Gasteiger partial charge is 0.244 e. The summed E-state index contributed by atoms with van der Waals surface area (Å²) in [4.78, 5) is 0.0882. The van der Waals surface area contributed by atoms with Crippen LogP contribution >= 0.6 is 0 Å². The van der Waals surface area contributed by atoms with Crippen molar-refractivity contribution >= 4 is 10.0 Å². The van der Waals surface area contributed by atoms with Crippen molar-refractivity contribution in [2.24, 2.45) is 0 Å². The number of sulfonamides is 1. The van der Waals surface area contributed by atoms with Gasteiger partial charge in [0.1, 0.15) is 23.9 Å². The topological polar surface area (TPSA) is 104 Å². The van der Waals surface area contributed by atoms with Crippen molar-refractivity contribution in [1.29, 1.82) is 0 Å². The molecule has 218 valence electrons. The molecule has 0 aromatic heterocycles. The van der Waals surface area contributed by atoms with Crippen molar-refractivity contribution in [2.45, 2.75) is 38.1 Å². The lowest BCUT2D eigenvalue weighted by Crippen LogP contribution is -2.32. The van der Waals surface area contributed by atoms with Crippen molar-refractivity contribution in [3.8, 4) is 28.7 Å². The van der Waals surface area contributed by atoms with Gasteiger partial charge in [0, 0.05) is 19.1 Å². The van der Waals surface area contributed by atoms with Gasteiger partial charge in [-0.25, -0.2) is 13.1 Å². The van der Waals surface area contributed by atoms with E-state index in [1.165, 1.54) is 7.11 Å². The summed E-state index contributed by atoms with van der Waals surface area (Å²) >= 11 is 0. The monoisotopic (exact) mass is 572 g/mol. The van der Waals surface area contributed by atoms with Gasteiger partial charge < -0.3 is 29.0 Å². The summed E-state index contributed by atoms with van der Waals surface area (Å²) in [5.41, 5.74) is 0.866. The van der Waals surface area contributed by atoms with Gasteiger partial charge in [0.05, 0.1) is 20.3 Å². The Balaban J connectivity index is 1.52. The van der Waals surface area contributed by atoms with E-state index in [0.717, 1.165) is 11.3 Å². The highest BCUT2D eigenvalue weighted by Gasteiger charge is 2.20. The summed E-state index contributed by atoms with van der Waals surface area (Å²) in [7, 11) is -2.38. The predicted molar refractivity (Wildman–Crippen MR) is 156 cm³/mol. The van der Waals surface area contributed by atoms with Crippen molar-refractivity contribution in [3.63, 3.8) is 0 Å². The van der Waals surface area contributed by atoms with Gasteiger partial charge in [-0.1, -0.05) is 30.3 Å². The fraction of sp³-hybridized carbons (Fsp3) is 0.400. The third-order valence-corrected chi connectivity index (χ3v) is 7.34. The Morgan fingerprint density at radius 2 is 1.25 bits per heavy atom. The Morgan fingerprint density at radius 1 is 0.725 bits per heavy atom. The van der Waals surface area contributed by atoms with E-state index >= 15 is 0 Å². The normalized spacial score (nSPS) is 12.0. The standard InChI is InChI=1S/C30H40N2O7S/c1-5-36-25-11-7-9-13-27(25)38-19-17-31-23(3)21-24-15-16-29(35-4)30(22-24)40(33,34)32-18-20-39-28-14-10-8-12-26(28)37-6-2/h7-16,22-23,31-32H,5-6,17-21H2,1-4H3. The largest absolute Gasteiger partial charge is 0.495 e. The Labute approximate surface area is 237 Å². The van der Waals surface area contributed by atoms with Crippen molar-refractivity contribution < 1.29 is 32.1 Å². The molecule has 0 saturated heterocycles. The number of rotatable bonds is 18. The minimum atomic E-state index is -3.84. The first-order valence-electron chi connectivity index (χ1n) is 13.5. The molecule has 40 heavy (non-hydrogen) atoms. The highest BCUT2D eigenvalue weighted by Crippen LogP contribution is 2.28. The van der Waals surface area contributed by atoms with E-state index in [1.54, 1.807) is 18.2 Å². The van der Waals surface area contributed by atoms with Crippen LogP contribution in [-0.4, -0.2) is 61.1 Å². The van der Waals surface area contributed by atoms with Gasteiger partial charge in [-0.2, -0.15) is 0 Å². The number of ether oxygens (including phenoxy) is 5. The zero-order chi connectivity index (χ0) is 28.8. The second-order valence-corrected chi connectivity index (χ2v) is 10.6. The van der Waals surface area contributed by atoms with Crippen LogP contribution in [0.2, 0.25) is 0 Å². The van der Waals surface area contributed by atoms with Crippen LogP contribution in [0, 0.1) is 0 Å². The molecule has 3 rings (SSSR count). The zero-order valence-electron chi connectivity index (χ0n) is 23.6. The molecule has 0 aliphatic carbocycles. The average Bonchev–Trinajstić information content (AvgIpc) is 2.95. The third-order valence-electron chi connectivity index (χ3n) is 5.86. The van der Waals surface area contributed by atoms with E-state index in [9.17, 15) is 8.42 Å². The minimum Gasteiger partial charge on any atom is -0.495 e. The van der Waals surface area contributed by atoms with Crippen molar-refractivity contribution in [3.05, 3.63) is 72.3 Å². The van der Waals surface area contributed by atoms with Gasteiger partial charge >= 0.3 is 0 Å². The predicted octanol–water partition coefficient (Wildman–Crippen LogP) is 4.45. The first-order valence-corrected chi connectivity index (χ1v) is 15.0. The molecule has 0 bridgehead atoms. The highest BCUT2D eigenvalue weighted by molar-refractivity contribution is 7.89. The molecule has 1 atom stereocenters. The van der Waals surface area contributed by atoms with Crippen LogP contribution in [0.15, 0.2) is 71.6 Å². The summed E-state index contributed by atoms with van der Waals surface area (Å²) in [6.45, 7) is 8.27. The van der Waals surface area contributed by atoms with Gasteiger partial charge in [-0.3, -0.25) is 0 Å². The lowest BCUT2D eigenvalue weighted by Gasteiger charge is -2.17. The van der Waals surface area contributed by atoms with Crippen LogP contribution in [0.1, 0.15) is 26.3 Å². The number of hydrogen-bond donors (Lipinski definition) is 2. The fourth-order valence-corrected chi connectivity index (χ4v) is 5.28. The Morgan fingerprint density at radius 3 is 1.77 bits per heavy atom. The SMILES string of the molecule is CCOc1ccccc1OCCNC(C)Cc1ccc(OC)c(S(=O)(=O)NCCOc2ccccc2OCC)c1. The summed E-state index contributed by atoms with van der Waals surface area (Å²) in [6.07, 6.45) is 0.624. The van der Waals surface area contributed by atoms with Crippen LogP contribution in [0.25, 0.3) is 0 Å². The summed E-state index contributed by atoms with van der Waals surface area (Å²) in [5.74, 6) is 2.89. The Hall–Kier alpha value is -3.47. The number of benzene rings is 3. The molecule has 10 heteroatoms. The number of methoxy groups -OCH3 is 1. The first kappa shape index (κ1) is 31.1. The average molecular weight is 573 g/mol. The molecule has 3 aromatic carbocycles. The second kappa shape index (κ2) is 16.0. The van der Waals surface area contributed by atoms with E-state index < -0.39 is 10.0 Å². The van der Waals surface area contributed by atoms with Gasteiger partial charge in [0.2, 0.25) is 10.0 Å². The lowest BCUT2D eigenvalue weighted by molar-refractivity contribution is 0.272. The molecule has 0 aliphatic heterocycles. The molecule has 0 fully saturated rings. The van der Waals surface area contributed by atoms with Crippen molar-refractivity contribution in [1.82, 2.24) is 10.0 Å². The van der Waals surface area contributed by atoms with E-state index in [0.29, 0.717) is 50.0 Å². The quantitative estimate of drug-likeness (QED) is 0.216. The maximum Gasteiger partial charge on any atom is 0.244 e. The van der Waals surface area contributed by atoms with E-state index in [-0.39, 0.29) is 29.8 Å². The fourth-order valence-electron chi connectivity index (χ4n) is 4.05. The molecule has 0 heterocycles. The van der Waals surface area contributed by atoms with Crippen LogP contribution in [0.5, 0.6) is 28.7 Å². The second-order valence-electron chi connectivity index (χ2n) is 8.90. The molecule has 1 unspecified atom stereocenters. The van der Waals surface area contributed by atoms with Gasteiger partial charge in [-0.15, -0.1) is 0 Å². The Kier molecular flexibility index (Phi) is 12.4. The zero-order valence-corrected chi connectivity index (χ0v) is 24.5. The van der Waals surface area contributed by atoms with Crippen molar-refractivity contribution in [2.75, 3.05) is 46.6 Å². The lowest BCUT2D eigenvalue weighted by atomic mass is 10.1. The molecule has 0 saturated carbocycles. The summed E-state index contributed by atoms with van der Waals surface area (Å²) < 4.78 is 57.0. The Bertz CT molecular complexity index is 1300. The molecule has 9 nitrogen and oxygen atoms in total. The molecular formula is C30H40N2O7S. The van der Waals surface area contributed by atoms with Gasteiger partial charge in [0.15, 0.2) is 23.0 Å². The van der Waals surface area contributed by atoms with Crippen LogP contribution in [0.4, 0.5) is 0 Å².